The third kappa shape index (κ3) is 6.42. The quantitative estimate of drug-likeness (QED) is 0.270. The van der Waals surface area contributed by atoms with Gasteiger partial charge in [0.05, 0.1) is 36.6 Å². The number of carbonyl (C=O) groups excluding carboxylic acids is 2. The molecule has 0 fully saturated rings. The standard InChI is InChI=1S/C33H31N3O7S/c1-5-42-28(37)19-43-23-13-11-21(12-14-23)17-27-32(39)36-30(25-16-15-24(40-3)18-26(25)41-4)29(20(2)34-33(36)44-27)31(38)35-22-9-7-6-8-10-22/h6-18,30H,5,19H2,1-4H3,(H,35,38)/b27-17-/t30-/m0/s1. The number of amides is 1. The smallest absolute Gasteiger partial charge is 0.344 e. The van der Waals surface area contributed by atoms with E-state index in [9.17, 15) is 14.4 Å². The number of ether oxygens (including phenoxy) is 4. The molecule has 5 rings (SSSR count). The van der Waals surface area contributed by atoms with Crippen LogP contribution in [0.4, 0.5) is 5.69 Å². The number of aromatic nitrogens is 1. The number of nitrogens with one attached hydrogen (secondary N) is 1. The summed E-state index contributed by atoms with van der Waals surface area (Å²) in [6.07, 6.45) is 1.75. The number of hydrogen-bond donors (Lipinski definition) is 1. The van der Waals surface area contributed by atoms with Crippen molar-refractivity contribution in [2.75, 3.05) is 32.8 Å². The molecule has 3 aromatic carbocycles. The Morgan fingerprint density at radius 2 is 1.73 bits per heavy atom. The van der Waals surface area contributed by atoms with E-state index in [1.54, 1.807) is 81.6 Å². The molecule has 2 heterocycles. The zero-order chi connectivity index (χ0) is 31.2. The second kappa shape index (κ2) is 13.4. The van der Waals surface area contributed by atoms with Gasteiger partial charge < -0.3 is 24.3 Å². The molecule has 1 N–H and O–H groups in total. The lowest BCUT2D eigenvalue weighted by atomic mass is 9.94. The number of fused-ring (bicyclic) bond motifs is 1. The monoisotopic (exact) mass is 613 g/mol. The van der Waals surface area contributed by atoms with Gasteiger partial charge in [-0.25, -0.2) is 9.79 Å². The van der Waals surface area contributed by atoms with Gasteiger partial charge in [-0.2, -0.15) is 0 Å². The zero-order valence-electron chi connectivity index (χ0n) is 24.7. The highest BCUT2D eigenvalue weighted by molar-refractivity contribution is 7.07. The predicted octanol–water partition coefficient (Wildman–Crippen LogP) is 3.83. The van der Waals surface area contributed by atoms with Crippen LogP contribution in [0.5, 0.6) is 17.2 Å². The number of para-hydroxylation sites is 1. The Hall–Kier alpha value is -5.16. The topological polar surface area (TPSA) is 117 Å². The van der Waals surface area contributed by atoms with Crippen LogP contribution in [0.1, 0.15) is 31.0 Å². The molecule has 0 saturated heterocycles. The number of carbonyl (C=O) groups is 2. The summed E-state index contributed by atoms with van der Waals surface area (Å²) in [6, 6.07) is 20.5. The van der Waals surface area contributed by atoms with E-state index in [-0.39, 0.29) is 24.7 Å². The van der Waals surface area contributed by atoms with Gasteiger partial charge in [-0.05, 0) is 61.9 Å². The van der Waals surface area contributed by atoms with Gasteiger partial charge in [0.15, 0.2) is 11.4 Å². The van der Waals surface area contributed by atoms with Crippen LogP contribution in [-0.4, -0.2) is 43.9 Å². The highest BCUT2D eigenvalue weighted by Crippen LogP contribution is 2.37. The van der Waals surface area contributed by atoms with E-state index in [0.717, 1.165) is 5.56 Å². The van der Waals surface area contributed by atoms with Crippen LogP contribution in [0.15, 0.2) is 93.9 Å². The lowest BCUT2D eigenvalue weighted by molar-refractivity contribution is -0.145. The third-order valence-corrected chi connectivity index (χ3v) is 7.86. The number of allylic oxidation sites excluding steroid dienone is 1. The summed E-state index contributed by atoms with van der Waals surface area (Å²) in [5.74, 6) is 0.694. The predicted molar refractivity (Wildman–Crippen MR) is 167 cm³/mol. The molecule has 1 aromatic heterocycles. The summed E-state index contributed by atoms with van der Waals surface area (Å²) >= 11 is 1.23. The van der Waals surface area contributed by atoms with E-state index >= 15 is 0 Å². The van der Waals surface area contributed by atoms with Gasteiger partial charge in [0, 0.05) is 17.3 Å². The van der Waals surface area contributed by atoms with Crippen molar-refractivity contribution in [2.45, 2.75) is 19.9 Å². The summed E-state index contributed by atoms with van der Waals surface area (Å²) < 4.78 is 23.4. The third-order valence-electron chi connectivity index (χ3n) is 6.87. The molecule has 10 nitrogen and oxygen atoms in total. The molecule has 44 heavy (non-hydrogen) atoms. The number of nitrogens with zero attached hydrogens (tertiary/aromatic N) is 2. The largest absolute Gasteiger partial charge is 0.497 e. The normalized spacial score (nSPS) is 14.4. The lowest BCUT2D eigenvalue weighted by Crippen LogP contribution is -2.40. The molecule has 226 valence electrons. The zero-order valence-corrected chi connectivity index (χ0v) is 25.5. The molecular weight excluding hydrogens is 582 g/mol. The second-order valence-corrected chi connectivity index (χ2v) is 10.7. The van der Waals surface area contributed by atoms with Crippen molar-refractivity contribution in [3.05, 3.63) is 115 Å². The van der Waals surface area contributed by atoms with Crippen molar-refractivity contribution in [2.24, 2.45) is 4.99 Å². The van der Waals surface area contributed by atoms with Crippen LogP contribution in [0.25, 0.3) is 6.08 Å². The van der Waals surface area contributed by atoms with Crippen LogP contribution >= 0.6 is 11.3 Å². The molecule has 11 heteroatoms. The first-order valence-corrected chi connectivity index (χ1v) is 14.6. The van der Waals surface area contributed by atoms with Crippen molar-refractivity contribution in [1.29, 1.82) is 0 Å². The first-order chi connectivity index (χ1) is 21.3. The van der Waals surface area contributed by atoms with E-state index in [1.807, 2.05) is 18.2 Å². The Bertz CT molecular complexity index is 1890. The van der Waals surface area contributed by atoms with Crippen molar-refractivity contribution < 1.29 is 28.5 Å². The summed E-state index contributed by atoms with van der Waals surface area (Å²) in [5.41, 5.74) is 2.46. The van der Waals surface area contributed by atoms with E-state index in [1.165, 1.54) is 23.0 Å². The van der Waals surface area contributed by atoms with Crippen LogP contribution < -0.4 is 34.4 Å². The number of anilines is 1. The SMILES string of the molecule is CCOC(=O)COc1ccc(/C=c2\sc3n(c2=O)[C@@H](c2ccc(OC)cc2OC)C(C(=O)Nc2ccccc2)=C(C)N=3)cc1. The Morgan fingerprint density at radius 3 is 2.41 bits per heavy atom. The molecule has 0 radical (unpaired) electrons. The maximum atomic E-state index is 14.0. The van der Waals surface area contributed by atoms with Crippen LogP contribution in [0.3, 0.4) is 0 Å². The van der Waals surface area contributed by atoms with E-state index in [4.69, 9.17) is 23.9 Å². The lowest BCUT2D eigenvalue weighted by Gasteiger charge is -2.26. The Morgan fingerprint density at radius 1 is 1.00 bits per heavy atom. The van der Waals surface area contributed by atoms with E-state index < -0.39 is 12.0 Å². The molecule has 0 bridgehead atoms. The Kier molecular flexibility index (Phi) is 9.25. The molecule has 0 saturated carbocycles. The molecule has 1 atom stereocenters. The minimum Gasteiger partial charge on any atom is -0.497 e. The molecule has 0 aliphatic carbocycles. The molecule has 1 aliphatic rings. The summed E-state index contributed by atoms with van der Waals surface area (Å²) in [4.78, 5) is 44.6. The molecular formula is C33H31N3O7S. The number of thiazole rings is 1. The number of rotatable bonds is 10. The number of esters is 1. The van der Waals surface area contributed by atoms with E-state index in [2.05, 4.69) is 5.32 Å². The minimum atomic E-state index is -0.823. The fourth-order valence-corrected chi connectivity index (χ4v) is 5.87. The average molecular weight is 614 g/mol. The van der Waals surface area contributed by atoms with Crippen LogP contribution in [0, 0.1) is 0 Å². The first kappa shape index (κ1) is 30.3. The van der Waals surface area contributed by atoms with E-state index in [0.29, 0.717) is 49.1 Å². The Labute approximate surface area is 257 Å². The fraction of sp³-hybridized carbons (Fsp3) is 0.212. The fourth-order valence-electron chi connectivity index (χ4n) is 4.83. The van der Waals surface area contributed by atoms with Gasteiger partial charge >= 0.3 is 5.97 Å². The maximum Gasteiger partial charge on any atom is 0.344 e. The minimum absolute atomic E-state index is 0.194. The second-order valence-electron chi connectivity index (χ2n) is 9.67. The molecule has 0 unspecified atom stereocenters. The molecule has 4 aromatic rings. The van der Waals surface area contributed by atoms with Gasteiger partial charge in [-0.3, -0.25) is 14.2 Å². The molecule has 0 spiro atoms. The maximum absolute atomic E-state index is 14.0. The number of hydrogen-bond acceptors (Lipinski definition) is 9. The highest BCUT2D eigenvalue weighted by Gasteiger charge is 2.34. The van der Waals surface area contributed by atoms with Gasteiger partial charge in [0.2, 0.25) is 0 Å². The average Bonchev–Trinajstić information content (AvgIpc) is 3.33. The number of benzene rings is 3. The van der Waals surface area contributed by atoms with Crippen molar-refractivity contribution in [3.63, 3.8) is 0 Å². The summed E-state index contributed by atoms with van der Waals surface area (Å²) in [7, 11) is 3.09. The van der Waals surface area contributed by atoms with Crippen molar-refractivity contribution in [1.82, 2.24) is 4.57 Å². The first-order valence-electron chi connectivity index (χ1n) is 13.8. The molecule has 1 amide bonds. The van der Waals surface area contributed by atoms with Gasteiger partial charge in [0.1, 0.15) is 23.3 Å². The summed E-state index contributed by atoms with van der Waals surface area (Å²) in [6.45, 7) is 3.58. The Balaban J connectivity index is 1.57. The van der Waals surface area contributed by atoms with Gasteiger partial charge in [-0.1, -0.05) is 41.7 Å². The van der Waals surface area contributed by atoms with Crippen molar-refractivity contribution in [3.8, 4) is 17.2 Å². The highest BCUT2D eigenvalue weighted by atomic mass is 32.1. The van der Waals surface area contributed by atoms with Crippen LogP contribution in [-0.2, 0) is 14.3 Å². The van der Waals surface area contributed by atoms with Gasteiger partial charge in [0.25, 0.3) is 11.5 Å². The number of methoxy groups -OCH3 is 2. The summed E-state index contributed by atoms with van der Waals surface area (Å²) in [5, 5.41) is 2.95. The van der Waals surface area contributed by atoms with Crippen LogP contribution in [0.2, 0.25) is 0 Å². The van der Waals surface area contributed by atoms with Crippen molar-refractivity contribution >= 4 is 35.0 Å². The van der Waals surface area contributed by atoms with Gasteiger partial charge in [-0.15, -0.1) is 0 Å². The molecule has 1 aliphatic heterocycles.